The second kappa shape index (κ2) is 8.58. The molecule has 0 radical (unpaired) electrons. The fourth-order valence-electron chi connectivity index (χ4n) is 4.46. The summed E-state index contributed by atoms with van der Waals surface area (Å²) in [6.07, 6.45) is 4.40. The third-order valence-electron chi connectivity index (χ3n) is 6.15. The molecule has 1 saturated heterocycles. The van der Waals surface area contributed by atoms with Gasteiger partial charge in [-0.1, -0.05) is 24.3 Å². The number of ketones is 1. The molecule has 1 heterocycles. The number of ether oxygens (including phenoxy) is 1. The lowest BCUT2D eigenvalue weighted by Gasteiger charge is -2.50. The first-order chi connectivity index (χ1) is 15.6. The highest BCUT2D eigenvalue weighted by Gasteiger charge is 2.55. The third kappa shape index (κ3) is 4.75. The number of piperidine rings is 1. The number of hydrogen-bond acceptors (Lipinski definition) is 3. The maximum Gasteiger partial charge on any atom is 0.410 e. The summed E-state index contributed by atoms with van der Waals surface area (Å²) in [5.74, 6) is -0.752. The molecule has 2 aromatic carbocycles. The average Bonchev–Trinajstić information content (AvgIpc) is 2.77. The van der Waals surface area contributed by atoms with Gasteiger partial charge in [-0.25, -0.2) is 13.6 Å². The number of rotatable bonds is 2. The average molecular weight is 452 g/mol. The van der Waals surface area contributed by atoms with Gasteiger partial charge in [0.2, 0.25) is 0 Å². The van der Waals surface area contributed by atoms with Crippen LogP contribution >= 0.6 is 0 Å². The summed E-state index contributed by atoms with van der Waals surface area (Å²) in [4.78, 5) is 27.4. The lowest BCUT2D eigenvalue weighted by molar-refractivity contribution is -0.118. The van der Waals surface area contributed by atoms with Crippen LogP contribution in [0.3, 0.4) is 0 Å². The second-order valence-corrected chi connectivity index (χ2v) is 9.60. The molecular formula is C27H27F2NO3. The third-order valence-corrected chi connectivity index (χ3v) is 6.15. The first-order valence-electron chi connectivity index (χ1n) is 11.1. The molecule has 2 aromatic rings. The molecule has 2 fully saturated rings. The lowest BCUT2D eigenvalue weighted by atomic mass is 9.54. The molecule has 0 atom stereocenters. The molecule has 0 N–H and O–H groups in total. The van der Waals surface area contributed by atoms with Crippen molar-refractivity contribution in [2.24, 2.45) is 5.41 Å². The van der Waals surface area contributed by atoms with Gasteiger partial charge in [0.1, 0.15) is 17.2 Å². The molecule has 172 valence electrons. The smallest absolute Gasteiger partial charge is 0.410 e. The van der Waals surface area contributed by atoms with Crippen LogP contribution in [0.1, 0.15) is 44.7 Å². The monoisotopic (exact) mass is 451 g/mol. The van der Waals surface area contributed by atoms with Gasteiger partial charge in [-0.2, -0.15) is 0 Å². The minimum absolute atomic E-state index is 0.0747. The molecule has 0 unspecified atom stereocenters. The molecule has 1 aliphatic carbocycles. The standard InChI is InChI=1S/C27H27F2NO3/c1-26(2,3)33-25(32)30-14-12-27(13-15-30)22(16-18-4-8-20(28)9-5-18)24(31)23(27)17-19-6-10-21(29)11-7-19/h4-11,16-17H,12-15H2,1-3H3/b22-16-,23-17-. The van der Waals surface area contributed by atoms with Gasteiger partial charge >= 0.3 is 6.09 Å². The number of nitrogens with zero attached hydrogens (tertiary/aromatic N) is 1. The number of halogens is 2. The van der Waals surface area contributed by atoms with Crippen LogP contribution in [0.4, 0.5) is 13.6 Å². The number of carbonyl (C=O) groups is 2. The summed E-state index contributed by atoms with van der Waals surface area (Å²) in [7, 11) is 0. The van der Waals surface area contributed by atoms with Gasteiger partial charge < -0.3 is 9.64 Å². The van der Waals surface area contributed by atoms with Crippen LogP contribution in [0.25, 0.3) is 12.2 Å². The summed E-state index contributed by atoms with van der Waals surface area (Å²) in [5.41, 5.74) is 1.71. The Morgan fingerprint density at radius 1 is 0.879 bits per heavy atom. The van der Waals surface area contributed by atoms with Gasteiger partial charge in [-0.3, -0.25) is 4.79 Å². The Bertz CT molecular complexity index is 1050. The molecule has 33 heavy (non-hydrogen) atoms. The summed E-state index contributed by atoms with van der Waals surface area (Å²) >= 11 is 0. The zero-order chi connectivity index (χ0) is 23.8. The molecular weight excluding hydrogens is 424 g/mol. The normalized spacial score (nSPS) is 20.3. The van der Waals surface area contributed by atoms with Crippen molar-refractivity contribution in [1.82, 2.24) is 4.90 Å². The quantitative estimate of drug-likeness (QED) is 0.524. The van der Waals surface area contributed by atoms with Crippen molar-refractivity contribution in [1.29, 1.82) is 0 Å². The van der Waals surface area contributed by atoms with E-state index in [1.54, 1.807) is 29.2 Å². The predicted molar refractivity (Wildman–Crippen MR) is 123 cm³/mol. The summed E-state index contributed by atoms with van der Waals surface area (Å²) < 4.78 is 32.2. The molecule has 4 rings (SSSR count). The van der Waals surface area contributed by atoms with Gasteiger partial charge in [-0.05, 0) is 81.2 Å². The topological polar surface area (TPSA) is 46.6 Å². The zero-order valence-electron chi connectivity index (χ0n) is 19.0. The first kappa shape index (κ1) is 22.9. The Balaban J connectivity index is 1.65. The summed E-state index contributed by atoms with van der Waals surface area (Å²) in [6.45, 7) is 6.38. The van der Waals surface area contributed by atoms with Crippen molar-refractivity contribution in [2.45, 2.75) is 39.2 Å². The van der Waals surface area contributed by atoms with Crippen LogP contribution in [-0.2, 0) is 9.53 Å². The SMILES string of the molecule is CC(C)(C)OC(=O)N1CCC2(CC1)/C(=C\c1ccc(F)cc1)C(=O)/C2=C/c1ccc(F)cc1. The Morgan fingerprint density at radius 2 is 1.30 bits per heavy atom. The van der Waals surface area contributed by atoms with Crippen molar-refractivity contribution in [3.8, 4) is 0 Å². The van der Waals surface area contributed by atoms with E-state index in [4.69, 9.17) is 4.74 Å². The van der Waals surface area contributed by atoms with Gasteiger partial charge in [-0.15, -0.1) is 0 Å². The second-order valence-electron chi connectivity index (χ2n) is 9.60. The zero-order valence-corrected chi connectivity index (χ0v) is 19.0. The van der Waals surface area contributed by atoms with E-state index < -0.39 is 11.0 Å². The number of amides is 1. The fraction of sp³-hybridized carbons (Fsp3) is 0.333. The van der Waals surface area contributed by atoms with Crippen molar-refractivity contribution >= 4 is 24.0 Å². The maximum atomic E-state index is 13.3. The first-order valence-corrected chi connectivity index (χ1v) is 11.1. The largest absolute Gasteiger partial charge is 0.444 e. The van der Waals surface area contributed by atoms with Crippen LogP contribution in [0.5, 0.6) is 0 Å². The highest BCUT2D eigenvalue weighted by molar-refractivity contribution is 6.23. The van der Waals surface area contributed by atoms with Crippen LogP contribution in [0.15, 0.2) is 59.7 Å². The van der Waals surface area contributed by atoms with Crippen molar-refractivity contribution in [3.05, 3.63) is 82.4 Å². The highest BCUT2D eigenvalue weighted by atomic mass is 19.1. The van der Waals surface area contributed by atoms with Crippen molar-refractivity contribution in [2.75, 3.05) is 13.1 Å². The van der Waals surface area contributed by atoms with E-state index in [2.05, 4.69) is 0 Å². The molecule has 0 aromatic heterocycles. The molecule has 0 bridgehead atoms. The van der Waals surface area contributed by atoms with Crippen molar-refractivity contribution < 1.29 is 23.1 Å². The molecule has 1 saturated carbocycles. The van der Waals surface area contributed by atoms with Gasteiger partial charge in [0, 0.05) is 29.7 Å². The molecule has 1 spiro atoms. The van der Waals surface area contributed by atoms with Crippen molar-refractivity contribution in [3.63, 3.8) is 0 Å². The molecule has 6 heteroatoms. The Labute approximate surface area is 192 Å². The molecule has 1 aliphatic heterocycles. The predicted octanol–water partition coefficient (Wildman–Crippen LogP) is 6.03. The number of carbonyl (C=O) groups excluding carboxylic acids is 2. The Hall–Kier alpha value is -3.28. The maximum absolute atomic E-state index is 13.3. The van der Waals surface area contributed by atoms with Crippen LogP contribution in [0.2, 0.25) is 0 Å². The van der Waals surface area contributed by atoms with Crippen LogP contribution in [0, 0.1) is 17.0 Å². The Kier molecular flexibility index (Phi) is 5.95. The molecule has 1 amide bonds. The Morgan fingerprint density at radius 3 is 1.70 bits per heavy atom. The molecule has 4 nitrogen and oxygen atoms in total. The van der Waals surface area contributed by atoms with E-state index in [-0.39, 0.29) is 23.5 Å². The van der Waals surface area contributed by atoms with Gasteiger partial charge in [0.25, 0.3) is 0 Å². The van der Waals surface area contributed by atoms with Crippen LogP contribution in [-0.4, -0.2) is 35.5 Å². The summed E-state index contributed by atoms with van der Waals surface area (Å²) in [6, 6.07) is 12.0. The lowest BCUT2D eigenvalue weighted by Crippen LogP contribution is -2.53. The fourth-order valence-corrected chi connectivity index (χ4v) is 4.46. The number of Topliss-reactive ketones (excluding diaryl/α,β-unsaturated/α-hetero) is 1. The van der Waals surface area contributed by atoms with E-state index >= 15 is 0 Å². The number of hydrogen-bond donors (Lipinski definition) is 0. The van der Waals surface area contributed by atoms with Gasteiger partial charge in [0.15, 0.2) is 5.78 Å². The number of likely N-dealkylation sites (tertiary alicyclic amines) is 1. The number of benzene rings is 2. The van der Waals surface area contributed by atoms with Gasteiger partial charge in [0.05, 0.1) is 0 Å². The van der Waals surface area contributed by atoms with E-state index in [0.29, 0.717) is 37.1 Å². The van der Waals surface area contributed by atoms with Crippen LogP contribution < -0.4 is 0 Å². The minimum atomic E-state index is -0.583. The minimum Gasteiger partial charge on any atom is -0.444 e. The molecule has 2 aliphatic rings. The van der Waals surface area contributed by atoms with E-state index in [1.165, 1.54) is 24.3 Å². The van der Waals surface area contributed by atoms with E-state index in [9.17, 15) is 18.4 Å². The number of allylic oxidation sites excluding steroid dienone is 2. The highest BCUT2D eigenvalue weighted by Crippen LogP contribution is 2.56. The summed E-state index contributed by atoms with van der Waals surface area (Å²) in [5, 5.41) is 0. The van der Waals surface area contributed by atoms with E-state index in [0.717, 1.165) is 11.1 Å². The van der Waals surface area contributed by atoms with E-state index in [1.807, 2.05) is 32.9 Å².